The molecule has 1 aliphatic rings. The first kappa shape index (κ1) is 29.2. The van der Waals surface area contributed by atoms with Crippen LogP contribution in [-0.4, -0.2) is 55.4 Å². The molecule has 0 aliphatic carbocycles. The van der Waals surface area contributed by atoms with Gasteiger partial charge in [-0.2, -0.15) is 5.26 Å². The maximum Gasteiger partial charge on any atom is 0.336 e. The zero-order valence-electron chi connectivity index (χ0n) is 21.4. The van der Waals surface area contributed by atoms with Gasteiger partial charge < -0.3 is 19.9 Å². The number of nitrogens with zero attached hydrogens (tertiary/aromatic N) is 2. The van der Waals surface area contributed by atoms with E-state index in [9.17, 15) is 20.0 Å². The van der Waals surface area contributed by atoms with Crippen molar-refractivity contribution in [1.29, 1.82) is 5.26 Å². The van der Waals surface area contributed by atoms with Crippen LogP contribution in [0.1, 0.15) is 36.5 Å². The lowest BCUT2D eigenvalue weighted by Gasteiger charge is -2.31. The highest BCUT2D eigenvalue weighted by Gasteiger charge is 2.39. The number of rotatable bonds is 10. The molecule has 2 aromatic rings. The predicted molar refractivity (Wildman–Crippen MR) is 144 cm³/mol. The molecule has 0 spiro atoms. The van der Waals surface area contributed by atoms with Gasteiger partial charge in [0, 0.05) is 18.8 Å². The molecule has 0 bridgehead atoms. The highest BCUT2D eigenvalue weighted by molar-refractivity contribution is 6.42. The Hall–Kier alpha value is -3.35. The molecule has 0 amide bonds. The van der Waals surface area contributed by atoms with Crippen molar-refractivity contribution in [2.75, 3.05) is 33.4 Å². The van der Waals surface area contributed by atoms with Crippen LogP contribution in [0.2, 0.25) is 10.0 Å². The third-order valence-electron chi connectivity index (χ3n) is 6.05. The minimum atomic E-state index is -0.963. The van der Waals surface area contributed by atoms with E-state index in [0.717, 1.165) is 5.56 Å². The van der Waals surface area contributed by atoms with Gasteiger partial charge in [-0.15, -0.1) is 0 Å². The fourth-order valence-corrected chi connectivity index (χ4v) is 4.62. The summed E-state index contributed by atoms with van der Waals surface area (Å²) >= 11 is 12.1. The number of nitrogens with one attached hydrogen (secondary N) is 1. The normalized spacial score (nSPS) is 15.3. The molecule has 200 valence electrons. The third kappa shape index (κ3) is 6.74. The second kappa shape index (κ2) is 13.4. The van der Waals surface area contributed by atoms with Crippen LogP contribution < -0.4 is 5.32 Å². The first-order chi connectivity index (χ1) is 18.2. The molecule has 0 saturated heterocycles. The molecule has 38 heavy (non-hydrogen) atoms. The molecule has 2 N–H and O–H groups in total. The highest BCUT2D eigenvalue weighted by atomic mass is 35.5. The van der Waals surface area contributed by atoms with E-state index in [-0.39, 0.29) is 35.6 Å². The Morgan fingerprint density at radius 3 is 2.47 bits per heavy atom. The van der Waals surface area contributed by atoms with Gasteiger partial charge in [0.05, 0.1) is 57.7 Å². The van der Waals surface area contributed by atoms with Crippen LogP contribution >= 0.6 is 23.2 Å². The summed E-state index contributed by atoms with van der Waals surface area (Å²) in [5, 5.41) is 23.7. The summed E-state index contributed by atoms with van der Waals surface area (Å²) < 4.78 is 10.9. The van der Waals surface area contributed by atoms with Crippen LogP contribution in [0.4, 0.5) is 0 Å². The van der Waals surface area contributed by atoms with Crippen molar-refractivity contribution >= 4 is 35.1 Å². The van der Waals surface area contributed by atoms with Gasteiger partial charge in [-0.25, -0.2) is 9.59 Å². The summed E-state index contributed by atoms with van der Waals surface area (Å²) in [6.45, 7) is 3.99. The lowest BCUT2D eigenvalue weighted by Crippen LogP contribution is -2.35. The van der Waals surface area contributed by atoms with Gasteiger partial charge in [-0.1, -0.05) is 47.5 Å². The van der Waals surface area contributed by atoms with Gasteiger partial charge in [0.15, 0.2) is 0 Å². The quantitative estimate of drug-likeness (QED) is 0.415. The molecule has 2 aromatic carbocycles. The monoisotopic (exact) mass is 557 g/mol. The number of ether oxygens (including phenoxy) is 2. The number of hydrogen-bond acceptors (Lipinski definition) is 8. The van der Waals surface area contributed by atoms with Gasteiger partial charge in [-0.3, -0.25) is 4.90 Å². The molecule has 0 aromatic heterocycles. The van der Waals surface area contributed by atoms with Crippen molar-refractivity contribution in [3.63, 3.8) is 0 Å². The second-order valence-electron chi connectivity index (χ2n) is 8.69. The Kier molecular flexibility index (Phi) is 10.3. The lowest BCUT2D eigenvalue weighted by atomic mass is 9.78. The number of allylic oxidation sites excluding steroid dienone is 1. The summed E-state index contributed by atoms with van der Waals surface area (Å²) in [4.78, 5) is 28.4. The van der Waals surface area contributed by atoms with Gasteiger partial charge in [0.2, 0.25) is 0 Å². The van der Waals surface area contributed by atoms with Crippen molar-refractivity contribution < 1.29 is 24.2 Å². The van der Waals surface area contributed by atoms with E-state index in [2.05, 4.69) is 11.4 Å². The first-order valence-corrected chi connectivity index (χ1v) is 12.7. The molecule has 0 radical (unpaired) electrons. The molecule has 1 heterocycles. The van der Waals surface area contributed by atoms with Crippen molar-refractivity contribution in [3.05, 3.63) is 91.7 Å². The topological polar surface area (TPSA) is 112 Å². The molecule has 3 rings (SSSR count). The highest BCUT2D eigenvalue weighted by Crippen LogP contribution is 2.40. The van der Waals surface area contributed by atoms with Crippen LogP contribution in [0.15, 0.2) is 65.0 Å². The molecule has 1 unspecified atom stereocenters. The number of dihydropyridines is 1. The van der Waals surface area contributed by atoms with Gasteiger partial charge in [0.1, 0.15) is 6.61 Å². The van der Waals surface area contributed by atoms with Crippen molar-refractivity contribution in [2.45, 2.75) is 26.3 Å². The SMILES string of the molecule is CCOC(=O)C1=C(CO)NC(C)=C(C(=O)OCCN(C)Cc2ccc(Cl)c(Cl)c2)C1c1ccccc1C#N. The average Bonchev–Trinajstić information content (AvgIpc) is 2.89. The average molecular weight is 558 g/mol. The fraction of sp³-hybridized carbons (Fsp3) is 0.321. The van der Waals surface area contributed by atoms with Gasteiger partial charge >= 0.3 is 11.9 Å². The van der Waals surface area contributed by atoms with E-state index >= 15 is 0 Å². The number of esters is 2. The van der Waals surface area contributed by atoms with Gasteiger partial charge in [0.25, 0.3) is 0 Å². The number of halogens is 2. The van der Waals surface area contributed by atoms with E-state index in [4.69, 9.17) is 32.7 Å². The summed E-state index contributed by atoms with van der Waals surface area (Å²) in [6.07, 6.45) is 0. The van der Waals surface area contributed by atoms with E-state index in [0.29, 0.717) is 34.4 Å². The standard InChI is InChI=1S/C28H29Cl2N3O5/c1-4-37-28(36)26-23(16-34)32-17(2)24(25(26)20-8-6-5-7-19(20)14-31)27(35)38-12-11-33(3)15-18-9-10-21(29)22(30)13-18/h5-10,13,25,32,34H,4,11-12,15-16H2,1-3H3. The number of aliphatic hydroxyl groups is 1. The number of carbonyl (C=O) groups excluding carboxylic acids is 2. The Morgan fingerprint density at radius 1 is 1.11 bits per heavy atom. The zero-order valence-corrected chi connectivity index (χ0v) is 22.9. The smallest absolute Gasteiger partial charge is 0.336 e. The summed E-state index contributed by atoms with van der Waals surface area (Å²) in [5.74, 6) is -2.30. The van der Waals surface area contributed by atoms with Crippen molar-refractivity contribution in [2.24, 2.45) is 0 Å². The summed E-state index contributed by atoms with van der Waals surface area (Å²) in [7, 11) is 1.88. The van der Waals surface area contributed by atoms with Crippen LogP contribution in [0.3, 0.4) is 0 Å². The first-order valence-electron chi connectivity index (χ1n) is 12.0. The molecule has 8 nitrogen and oxygen atoms in total. The maximum absolute atomic E-state index is 13.4. The van der Waals surface area contributed by atoms with Crippen LogP contribution in [0, 0.1) is 11.3 Å². The van der Waals surface area contributed by atoms with Gasteiger partial charge in [-0.05, 0) is 50.2 Å². The lowest BCUT2D eigenvalue weighted by molar-refractivity contribution is -0.140. The molecule has 1 aliphatic heterocycles. The minimum absolute atomic E-state index is 0.0614. The number of aliphatic hydroxyl groups excluding tert-OH is 1. The summed E-state index contributed by atoms with van der Waals surface area (Å²) in [5.41, 5.74) is 2.53. The molecular weight excluding hydrogens is 529 g/mol. The Morgan fingerprint density at radius 2 is 1.82 bits per heavy atom. The summed E-state index contributed by atoms with van der Waals surface area (Å²) in [6, 6.07) is 14.2. The second-order valence-corrected chi connectivity index (χ2v) is 9.50. The van der Waals surface area contributed by atoms with Crippen LogP contribution in [-0.2, 0) is 25.6 Å². The molecule has 10 heteroatoms. The molecule has 0 saturated carbocycles. The largest absolute Gasteiger partial charge is 0.463 e. The van der Waals surface area contributed by atoms with E-state index in [1.54, 1.807) is 50.2 Å². The predicted octanol–water partition coefficient (Wildman–Crippen LogP) is 4.31. The van der Waals surface area contributed by atoms with E-state index < -0.39 is 24.5 Å². The van der Waals surface area contributed by atoms with Crippen LogP contribution in [0.5, 0.6) is 0 Å². The Balaban J connectivity index is 1.85. The van der Waals surface area contributed by atoms with Crippen molar-refractivity contribution in [3.8, 4) is 6.07 Å². The Bertz CT molecular complexity index is 1320. The van der Waals surface area contributed by atoms with Crippen molar-refractivity contribution in [1.82, 2.24) is 10.2 Å². The van der Waals surface area contributed by atoms with E-state index in [1.165, 1.54) is 0 Å². The van der Waals surface area contributed by atoms with E-state index in [1.807, 2.05) is 18.0 Å². The number of carbonyl (C=O) groups is 2. The number of benzene rings is 2. The number of likely N-dealkylation sites (N-methyl/N-ethyl adjacent to an activating group) is 1. The fourth-order valence-electron chi connectivity index (χ4n) is 4.30. The molecule has 0 fully saturated rings. The molecule has 1 atom stereocenters. The zero-order chi connectivity index (χ0) is 27.8. The third-order valence-corrected chi connectivity index (χ3v) is 6.79. The minimum Gasteiger partial charge on any atom is -0.463 e. The maximum atomic E-state index is 13.4. The number of nitriles is 1. The number of hydrogen-bond donors (Lipinski definition) is 2. The van der Waals surface area contributed by atoms with Crippen LogP contribution in [0.25, 0.3) is 0 Å². The molecular formula is C28H29Cl2N3O5. The Labute approximate surface area is 232 Å².